The van der Waals surface area contributed by atoms with Crippen molar-refractivity contribution in [2.24, 2.45) is 0 Å². The van der Waals surface area contributed by atoms with Crippen LogP contribution in [-0.4, -0.2) is 14.2 Å². The third kappa shape index (κ3) is 2.81. The van der Waals surface area contributed by atoms with Crippen molar-refractivity contribution < 1.29 is 18.3 Å². The maximum atomic E-state index is 13.9. The van der Waals surface area contributed by atoms with Crippen LogP contribution in [0.25, 0.3) is 11.1 Å². The lowest BCUT2D eigenvalue weighted by atomic mass is 10.0. The van der Waals surface area contributed by atoms with Crippen LogP contribution < -0.4 is 9.47 Å². The Kier molecular flexibility index (Phi) is 4.65. The van der Waals surface area contributed by atoms with Crippen LogP contribution in [0.3, 0.4) is 0 Å². The highest BCUT2D eigenvalue weighted by molar-refractivity contribution is 9.10. The lowest BCUT2D eigenvalue weighted by molar-refractivity contribution is 0.381. The molecule has 2 aromatic carbocycles. The topological polar surface area (TPSA) is 18.5 Å². The van der Waals surface area contributed by atoms with Crippen LogP contribution in [-0.2, 0) is 0 Å². The first-order valence-electron chi connectivity index (χ1n) is 5.54. The minimum atomic E-state index is -0.542. The van der Waals surface area contributed by atoms with Gasteiger partial charge < -0.3 is 9.47 Å². The standard InChI is InChI=1S/C14H10Br2F2O2/c1-19-13-9(3-7(15)5-11(13)17)10-4-8(16)6-12(18)14(10)20-2/h3-6H,1-2H3. The second-order valence-electron chi connectivity index (χ2n) is 3.94. The van der Waals surface area contributed by atoms with Crippen molar-refractivity contribution in [1.82, 2.24) is 0 Å². The van der Waals surface area contributed by atoms with E-state index in [1.807, 2.05) is 0 Å². The molecule has 2 aromatic rings. The molecule has 0 saturated heterocycles. The van der Waals surface area contributed by atoms with Crippen molar-refractivity contribution in [3.63, 3.8) is 0 Å². The van der Waals surface area contributed by atoms with E-state index in [4.69, 9.17) is 9.47 Å². The van der Waals surface area contributed by atoms with Gasteiger partial charge in [-0.3, -0.25) is 0 Å². The first-order chi connectivity index (χ1) is 9.47. The summed E-state index contributed by atoms with van der Waals surface area (Å²) in [6.07, 6.45) is 0. The van der Waals surface area contributed by atoms with Crippen LogP contribution in [0.15, 0.2) is 33.2 Å². The zero-order valence-electron chi connectivity index (χ0n) is 10.6. The molecule has 6 heteroatoms. The van der Waals surface area contributed by atoms with Crippen LogP contribution >= 0.6 is 31.9 Å². The van der Waals surface area contributed by atoms with Crippen molar-refractivity contribution >= 4 is 31.9 Å². The molecule has 2 nitrogen and oxygen atoms in total. The van der Waals surface area contributed by atoms with E-state index in [1.165, 1.54) is 26.4 Å². The first kappa shape index (κ1) is 15.3. The molecule has 0 radical (unpaired) electrons. The first-order valence-corrected chi connectivity index (χ1v) is 7.13. The molecule has 106 valence electrons. The number of methoxy groups -OCH3 is 2. The highest BCUT2D eigenvalue weighted by Crippen LogP contribution is 2.42. The molecule has 0 unspecified atom stereocenters. The Hall–Kier alpha value is -1.14. The minimum absolute atomic E-state index is 0.0315. The van der Waals surface area contributed by atoms with Gasteiger partial charge in [0.05, 0.1) is 14.2 Å². The van der Waals surface area contributed by atoms with Gasteiger partial charge in [-0.15, -0.1) is 0 Å². The molecule has 0 N–H and O–H groups in total. The number of hydrogen-bond acceptors (Lipinski definition) is 2. The predicted molar refractivity (Wildman–Crippen MR) is 80.3 cm³/mol. The summed E-state index contributed by atoms with van der Waals surface area (Å²) in [5.74, 6) is -1.02. The Bertz CT molecular complexity index is 603. The van der Waals surface area contributed by atoms with Gasteiger partial charge >= 0.3 is 0 Å². The van der Waals surface area contributed by atoms with E-state index in [0.717, 1.165) is 0 Å². The summed E-state index contributed by atoms with van der Waals surface area (Å²) in [5, 5.41) is 0. The molecule has 0 aromatic heterocycles. The normalized spacial score (nSPS) is 10.5. The van der Waals surface area contributed by atoms with Gasteiger partial charge in [0.2, 0.25) is 0 Å². The summed E-state index contributed by atoms with van der Waals surface area (Å²) in [6, 6.07) is 5.85. The Morgan fingerprint density at radius 2 is 1.10 bits per heavy atom. The highest BCUT2D eigenvalue weighted by atomic mass is 79.9. The van der Waals surface area contributed by atoms with Crippen LogP contribution in [0.1, 0.15) is 0 Å². The van der Waals surface area contributed by atoms with Gasteiger partial charge in [-0.05, 0) is 24.3 Å². The summed E-state index contributed by atoms with van der Waals surface area (Å²) in [4.78, 5) is 0. The summed E-state index contributed by atoms with van der Waals surface area (Å²) < 4.78 is 39.1. The molecule has 0 aliphatic heterocycles. The van der Waals surface area contributed by atoms with Crippen molar-refractivity contribution in [1.29, 1.82) is 0 Å². The van der Waals surface area contributed by atoms with Gasteiger partial charge in [-0.1, -0.05) is 31.9 Å². The van der Waals surface area contributed by atoms with Crippen LogP contribution in [0.5, 0.6) is 11.5 Å². The molecule has 0 spiro atoms. The molecular weight excluding hydrogens is 398 g/mol. The third-order valence-electron chi connectivity index (χ3n) is 2.72. The van der Waals surface area contributed by atoms with Gasteiger partial charge in [0.25, 0.3) is 0 Å². The van der Waals surface area contributed by atoms with Gasteiger partial charge in [0.15, 0.2) is 23.1 Å². The fourth-order valence-corrected chi connectivity index (χ4v) is 2.80. The van der Waals surface area contributed by atoms with E-state index in [0.29, 0.717) is 20.1 Å². The van der Waals surface area contributed by atoms with E-state index in [9.17, 15) is 8.78 Å². The Morgan fingerprint density at radius 3 is 1.40 bits per heavy atom. The van der Waals surface area contributed by atoms with Crippen molar-refractivity contribution in [2.75, 3.05) is 14.2 Å². The number of benzene rings is 2. The summed E-state index contributed by atoms with van der Waals surface area (Å²) in [6.45, 7) is 0. The minimum Gasteiger partial charge on any atom is -0.493 e. The van der Waals surface area contributed by atoms with Gasteiger partial charge in [-0.25, -0.2) is 8.78 Å². The van der Waals surface area contributed by atoms with E-state index in [-0.39, 0.29) is 11.5 Å². The second kappa shape index (κ2) is 6.10. The fourth-order valence-electron chi connectivity index (χ4n) is 1.94. The molecule has 0 heterocycles. The molecular formula is C14H10Br2F2O2. The Balaban J connectivity index is 2.80. The van der Waals surface area contributed by atoms with Crippen LogP contribution in [0.4, 0.5) is 8.78 Å². The number of hydrogen-bond donors (Lipinski definition) is 0. The Labute approximate surface area is 132 Å². The summed E-state index contributed by atoms with van der Waals surface area (Å²) >= 11 is 6.43. The lowest BCUT2D eigenvalue weighted by Crippen LogP contribution is -1.97. The average Bonchev–Trinajstić information content (AvgIpc) is 2.37. The van der Waals surface area contributed by atoms with Crippen molar-refractivity contribution in [3.05, 3.63) is 44.8 Å². The van der Waals surface area contributed by atoms with E-state index in [2.05, 4.69) is 31.9 Å². The maximum Gasteiger partial charge on any atom is 0.166 e. The SMILES string of the molecule is COc1c(F)cc(Br)cc1-c1cc(Br)cc(F)c1OC. The number of ether oxygens (including phenoxy) is 2. The lowest BCUT2D eigenvalue weighted by Gasteiger charge is -2.14. The molecule has 20 heavy (non-hydrogen) atoms. The van der Waals surface area contributed by atoms with Gasteiger partial charge in [0.1, 0.15) is 0 Å². The van der Waals surface area contributed by atoms with E-state index in [1.54, 1.807) is 12.1 Å². The van der Waals surface area contributed by atoms with E-state index < -0.39 is 11.6 Å². The highest BCUT2D eigenvalue weighted by Gasteiger charge is 2.19. The Morgan fingerprint density at radius 1 is 0.750 bits per heavy atom. The van der Waals surface area contributed by atoms with Crippen LogP contribution in [0, 0.1) is 11.6 Å². The maximum absolute atomic E-state index is 13.9. The zero-order valence-corrected chi connectivity index (χ0v) is 13.8. The van der Waals surface area contributed by atoms with Crippen molar-refractivity contribution in [3.8, 4) is 22.6 Å². The van der Waals surface area contributed by atoms with E-state index >= 15 is 0 Å². The monoisotopic (exact) mass is 406 g/mol. The van der Waals surface area contributed by atoms with Gasteiger partial charge in [0, 0.05) is 20.1 Å². The number of rotatable bonds is 3. The molecule has 0 saturated carbocycles. The third-order valence-corrected chi connectivity index (χ3v) is 3.63. The average molecular weight is 408 g/mol. The van der Waals surface area contributed by atoms with Crippen LogP contribution in [0.2, 0.25) is 0 Å². The molecule has 0 bridgehead atoms. The zero-order chi connectivity index (χ0) is 14.9. The molecule has 2 rings (SSSR count). The van der Waals surface area contributed by atoms with Crippen molar-refractivity contribution in [2.45, 2.75) is 0 Å². The molecule has 0 amide bonds. The smallest absolute Gasteiger partial charge is 0.166 e. The van der Waals surface area contributed by atoms with Gasteiger partial charge in [-0.2, -0.15) is 0 Å². The fraction of sp³-hybridized carbons (Fsp3) is 0.143. The largest absolute Gasteiger partial charge is 0.493 e. The predicted octanol–water partition coefficient (Wildman–Crippen LogP) is 5.17. The summed E-state index contributed by atoms with van der Waals surface area (Å²) in [7, 11) is 2.72. The quantitative estimate of drug-likeness (QED) is 0.698. The second-order valence-corrected chi connectivity index (χ2v) is 5.77. The molecule has 0 atom stereocenters. The molecule has 0 aliphatic carbocycles. The number of halogens is 4. The summed E-state index contributed by atoms with van der Waals surface area (Å²) in [5.41, 5.74) is 0.799. The molecule has 0 aliphatic rings. The molecule has 0 fully saturated rings.